The molecule has 0 bridgehead atoms. The van der Waals surface area contributed by atoms with Crippen LogP contribution >= 0.6 is 11.6 Å². The maximum absolute atomic E-state index is 11.1. The summed E-state index contributed by atoms with van der Waals surface area (Å²) >= 11 is 6.22. The summed E-state index contributed by atoms with van der Waals surface area (Å²) in [5.41, 5.74) is 3.46. The van der Waals surface area contributed by atoms with Crippen LogP contribution in [0.3, 0.4) is 0 Å². The largest absolute Gasteiger partial charge is 0.478 e. The van der Waals surface area contributed by atoms with Gasteiger partial charge in [-0.05, 0) is 61.7 Å². The minimum Gasteiger partial charge on any atom is -0.478 e. The number of anilines is 2. The maximum atomic E-state index is 11.1. The molecule has 2 N–H and O–H groups in total. The van der Waals surface area contributed by atoms with Gasteiger partial charge >= 0.3 is 5.97 Å². The van der Waals surface area contributed by atoms with E-state index < -0.39 is 5.97 Å². The Hall–Kier alpha value is -2.77. The summed E-state index contributed by atoms with van der Waals surface area (Å²) in [5, 5.41) is 13.3. The van der Waals surface area contributed by atoms with Crippen molar-refractivity contribution in [1.82, 2.24) is 4.90 Å². The minimum atomic E-state index is -0.934. The van der Waals surface area contributed by atoms with Crippen LogP contribution in [-0.4, -0.2) is 67.4 Å². The molecule has 7 nitrogen and oxygen atoms in total. The van der Waals surface area contributed by atoms with Gasteiger partial charge in [-0.3, -0.25) is 4.99 Å². The molecule has 0 radical (unpaired) electrons. The minimum absolute atomic E-state index is 0.164. The van der Waals surface area contributed by atoms with E-state index >= 15 is 0 Å². The molecule has 0 amide bonds. The number of benzene rings is 2. The summed E-state index contributed by atoms with van der Waals surface area (Å²) in [6.45, 7) is 6.88. The van der Waals surface area contributed by atoms with E-state index in [9.17, 15) is 4.79 Å². The van der Waals surface area contributed by atoms with Crippen LogP contribution in [0.15, 0.2) is 47.5 Å². The third kappa shape index (κ3) is 5.53. The number of halogens is 1. The SMILES string of the molecule is Cc1ccc(Cl)cc1N1CCN(C(=NC[C@@H]2CCCO2)Nc2ccc(C(=O)O)cc2)CC1. The molecule has 8 heteroatoms. The molecule has 170 valence electrons. The smallest absolute Gasteiger partial charge is 0.335 e. The molecular weight excluding hydrogens is 428 g/mol. The van der Waals surface area contributed by atoms with E-state index in [0.29, 0.717) is 6.54 Å². The average Bonchev–Trinajstić information content (AvgIpc) is 3.32. The van der Waals surface area contributed by atoms with E-state index in [1.807, 2.05) is 12.1 Å². The second-order valence-corrected chi connectivity index (χ2v) is 8.65. The Morgan fingerprint density at radius 2 is 1.94 bits per heavy atom. The van der Waals surface area contributed by atoms with E-state index in [1.165, 1.54) is 11.3 Å². The van der Waals surface area contributed by atoms with Crippen LogP contribution in [0.5, 0.6) is 0 Å². The summed E-state index contributed by atoms with van der Waals surface area (Å²) in [6.07, 6.45) is 2.28. The Kier molecular flexibility index (Phi) is 7.17. The van der Waals surface area contributed by atoms with Crippen molar-refractivity contribution < 1.29 is 14.6 Å². The monoisotopic (exact) mass is 456 g/mol. The van der Waals surface area contributed by atoms with Gasteiger partial charge in [0.2, 0.25) is 0 Å². The standard InChI is InChI=1S/C24H29ClN4O3/c1-17-4-7-19(25)15-22(17)28-10-12-29(13-11-28)24(26-16-21-3-2-14-32-21)27-20-8-5-18(6-9-20)23(30)31/h4-9,15,21H,2-3,10-14,16H2,1H3,(H,26,27)(H,30,31)/t21-/m0/s1. The lowest BCUT2D eigenvalue weighted by molar-refractivity contribution is 0.0697. The van der Waals surface area contributed by atoms with Gasteiger partial charge in [0.1, 0.15) is 0 Å². The van der Waals surface area contributed by atoms with Gasteiger partial charge < -0.3 is 25.0 Å². The molecule has 0 saturated carbocycles. The first-order valence-electron chi connectivity index (χ1n) is 11.0. The van der Waals surface area contributed by atoms with Crippen molar-refractivity contribution >= 4 is 34.9 Å². The molecule has 0 aliphatic carbocycles. The number of rotatable bonds is 5. The Balaban J connectivity index is 1.46. The molecule has 2 fully saturated rings. The second-order valence-electron chi connectivity index (χ2n) is 8.21. The first-order valence-corrected chi connectivity index (χ1v) is 11.4. The van der Waals surface area contributed by atoms with Crippen LogP contribution < -0.4 is 10.2 Å². The van der Waals surface area contributed by atoms with E-state index in [2.05, 4.69) is 28.1 Å². The van der Waals surface area contributed by atoms with Crippen molar-refractivity contribution in [1.29, 1.82) is 0 Å². The molecule has 2 saturated heterocycles. The van der Waals surface area contributed by atoms with Gasteiger partial charge in [-0.15, -0.1) is 0 Å². The van der Waals surface area contributed by atoms with Crippen LogP contribution in [0, 0.1) is 6.92 Å². The van der Waals surface area contributed by atoms with Gasteiger partial charge in [0.15, 0.2) is 5.96 Å². The number of piperazine rings is 1. The Morgan fingerprint density at radius 1 is 1.19 bits per heavy atom. The van der Waals surface area contributed by atoms with Crippen molar-refractivity contribution in [3.8, 4) is 0 Å². The van der Waals surface area contributed by atoms with Gasteiger partial charge in [0.25, 0.3) is 0 Å². The first-order chi connectivity index (χ1) is 15.5. The van der Waals surface area contributed by atoms with Crippen LogP contribution in [0.25, 0.3) is 0 Å². The summed E-state index contributed by atoms with van der Waals surface area (Å²) in [6, 6.07) is 12.8. The molecule has 1 atom stereocenters. The zero-order valence-corrected chi connectivity index (χ0v) is 19.0. The lowest BCUT2D eigenvalue weighted by Gasteiger charge is -2.38. The Labute approximate surface area is 193 Å². The van der Waals surface area contributed by atoms with Crippen LogP contribution in [0.4, 0.5) is 11.4 Å². The summed E-state index contributed by atoms with van der Waals surface area (Å²) < 4.78 is 5.74. The van der Waals surface area contributed by atoms with E-state index in [-0.39, 0.29) is 11.7 Å². The highest BCUT2D eigenvalue weighted by Crippen LogP contribution is 2.25. The molecule has 2 aliphatic rings. The maximum Gasteiger partial charge on any atom is 0.335 e. The number of carbonyl (C=O) groups is 1. The average molecular weight is 457 g/mol. The van der Waals surface area contributed by atoms with E-state index in [0.717, 1.165) is 62.3 Å². The van der Waals surface area contributed by atoms with Crippen molar-refractivity contribution in [2.75, 3.05) is 49.5 Å². The first kappa shape index (κ1) is 22.4. The fraction of sp³-hybridized carbons (Fsp3) is 0.417. The fourth-order valence-corrected chi connectivity index (χ4v) is 4.27. The lowest BCUT2D eigenvalue weighted by Crippen LogP contribution is -2.51. The number of nitrogens with zero attached hydrogens (tertiary/aromatic N) is 3. The number of hydrogen-bond acceptors (Lipinski definition) is 4. The third-order valence-electron chi connectivity index (χ3n) is 5.95. The molecule has 0 spiro atoms. The molecular formula is C24H29ClN4O3. The van der Waals surface area contributed by atoms with Crippen LogP contribution in [0.1, 0.15) is 28.8 Å². The molecule has 32 heavy (non-hydrogen) atoms. The number of ether oxygens (including phenoxy) is 1. The number of nitrogens with one attached hydrogen (secondary N) is 1. The lowest BCUT2D eigenvalue weighted by atomic mass is 10.1. The zero-order chi connectivity index (χ0) is 22.5. The van der Waals surface area contributed by atoms with Gasteiger partial charge in [0.05, 0.1) is 18.2 Å². The summed E-state index contributed by atoms with van der Waals surface area (Å²) in [4.78, 5) is 20.6. The molecule has 2 aliphatic heterocycles. The van der Waals surface area contributed by atoms with E-state index in [1.54, 1.807) is 24.3 Å². The highest BCUT2D eigenvalue weighted by atomic mass is 35.5. The van der Waals surface area contributed by atoms with Crippen LogP contribution in [0.2, 0.25) is 5.02 Å². The van der Waals surface area contributed by atoms with Crippen molar-refractivity contribution in [3.05, 3.63) is 58.6 Å². The van der Waals surface area contributed by atoms with Gasteiger partial charge in [-0.25, -0.2) is 4.79 Å². The number of hydrogen-bond donors (Lipinski definition) is 2. The predicted molar refractivity (Wildman–Crippen MR) is 128 cm³/mol. The number of aromatic carboxylic acids is 1. The number of carboxylic acid groups (broad SMARTS) is 1. The van der Waals surface area contributed by atoms with Gasteiger partial charge in [0, 0.05) is 49.2 Å². The number of carboxylic acids is 1. The number of aryl methyl sites for hydroxylation is 1. The van der Waals surface area contributed by atoms with Gasteiger partial charge in [-0.1, -0.05) is 17.7 Å². The van der Waals surface area contributed by atoms with Crippen LogP contribution in [-0.2, 0) is 4.74 Å². The fourth-order valence-electron chi connectivity index (χ4n) is 4.10. The van der Waals surface area contributed by atoms with Gasteiger partial charge in [-0.2, -0.15) is 0 Å². The van der Waals surface area contributed by atoms with Crippen molar-refractivity contribution in [3.63, 3.8) is 0 Å². The number of guanidine groups is 1. The molecule has 2 heterocycles. The van der Waals surface area contributed by atoms with Crippen molar-refractivity contribution in [2.24, 2.45) is 4.99 Å². The molecule has 2 aromatic rings. The molecule has 0 aromatic heterocycles. The summed E-state index contributed by atoms with van der Waals surface area (Å²) in [5.74, 6) is -0.137. The molecule has 0 unspecified atom stereocenters. The third-order valence-corrected chi connectivity index (χ3v) is 6.18. The highest BCUT2D eigenvalue weighted by molar-refractivity contribution is 6.30. The molecule has 2 aromatic carbocycles. The molecule has 4 rings (SSSR count). The summed E-state index contributed by atoms with van der Waals surface area (Å²) in [7, 11) is 0. The van der Waals surface area contributed by atoms with E-state index in [4.69, 9.17) is 26.4 Å². The second kappa shape index (κ2) is 10.2. The highest BCUT2D eigenvalue weighted by Gasteiger charge is 2.23. The number of aliphatic imine (C=N–C) groups is 1. The Morgan fingerprint density at radius 3 is 2.59 bits per heavy atom. The van der Waals surface area contributed by atoms with Crippen molar-refractivity contribution in [2.45, 2.75) is 25.9 Å². The Bertz CT molecular complexity index is 966. The topological polar surface area (TPSA) is 77.4 Å². The normalized spacial score (nSPS) is 19.3. The predicted octanol–water partition coefficient (Wildman–Crippen LogP) is 4.12. The quantitative estimate of drug-likeness (QED) is 0.520. The zero-order valence-electron chi connectivity index (χ0n) is 18.3.